The predicted octanol–water partition coefficient (Wildman–Crippen LogP) is -0.00390. The zero-order valence-corrected chi connectivity index (χ0v) is 12.2. The molecule has 1 heterocycles. The van der Waals surface area contributed by atoms with E-state index in [1.165, 1.54) is 15.7 Å². The van der Waals surface area contributed by atoms with Crippen LogP contribution in [0.3, 0.4) is 0 Å². The average molecular weight is 294 g/mol. The van der Waals surface area contributed by atoms with Gasteiger partial charge in [-0.1, -0.05) is 6.92 Å². The van der Waals surface area contributed by atoms with Crippen molar-refractivity contribution >= 4 is 16.2 Å². The molecule has 0 spiro atoms. The van der Waals surface area contributed by atoms with Gasteiger partial charge in [0.05, 0.1) is 12.5 Å². The number of nitrogens with zero attached hydrogens (tertiary/aromatic N) is 2. The summed E-state index contributed by atoms with van der Waals surface area (Å²) >= 11 is 0. The Bertz CT molecular complexity index is 390. The van der Waals surface area contributed by atoms with Crippen LogP contribution in [0.25, 0.3) is 0 Å². The van der Waals surface area contributed by atoms with Gasteiger partial charge in [-0.3, -0.25) is 4.79 Å². The fraction of sp³-hybridized carbons (Fsp3) is 0.909. The molecule has 1 aliphatic heterocycles. The Morgan fingerprint density at radius 1 is 1.42 bits per heavy atom. The zero-order chi connectivity index (χ0) is 14.5. The first-order valence-electron chi connectivity index (χ1n) is 6.40. The van der Waals surface area contributed by atoms with E-state index in [0.29, 0.717) is 32.5 Å². The van der Waals surface area contributed by atoms with E-state index in [0.717, 1.165) is 0 Å². The van der Waals surface area contributed by atoms with Crippen LogP contribution in [0.2, 0.25) is 0 Å². The minimum atomic E-state index is -3.50. The van der Waals surface area contributed by atoms with Crippen molar-refractivity contribution < 1.29 is 23.1 Å². The third-order valence-corrected chi connectivity index (χ3v) is 5.46. The van der Waals surface area contributed by atoms with Gasteiger partial charge in [0.25, 0.3) is 10.2 Å². The van der Waals surface area contributed by atoms with E-state index in [1.54, 1.807) is 6.92 Å². The van der Waals surface area contributed by atoms with Gasteiger partial charge < -0.3 is 9.84 Å². The van der Waals surface area contributed by atoms with Crippen molar-refractivity contribution in [3.8, 4) is 0 Å². The molecule has 0 bridgehead atoms. The Labute approximate surface area is 114 Å². The van der Waals surface area contributed by atoms with Crippen LogP contribution in [0.1, 0.15) is 19.8 Å². The van der Waals surface area contributed by atoms with E-state index >= 15 is 0 Å². The third kappa shape index (κ3) is 4.13. The lowest BCUT2D eigenvalue weighted by molar-refractivity contribution is -0.142. The van der Waals surface area contributed by atoms with Crippen LogP contribution in [0.15, 0.2) is 0 Å². The molecule has 0 aromatic carbocycles. The van der Waals surface area contributed by atoms with E-state index in [4.69, 9.17) is 9.84 Å². The lowest BCUT2D eigenvalue weighted by Crippen LogP contribution is -2.48. The smallest absolute Gasteiger partial charge is 0.306 e. The molecule has 0 amide bonds. The van der Waals surface area contributed by atoms with Crippen LogP contribution in [0, 0.1) is 5.92 Å². The van der Waals surface area contributed by atoms with Gasteiger partial charge >= 0.3 is 5.97 Å². The van der Waals surface area contributed by atoms with Crippen molar-refractivity contribution in [3.63, 3.8) is 0 Å². The number of methoxy groups -OCH3 is 1. The average Bonchev–Trinajstić information content (AvgIpc) is 2.39. The summed E-state index contributed by atoms with van der Waals surface area (Å²) in [5.41, 5.74) is 0. The summed E-state index contributed by atoms with van der Waals surface area (Å²) in [4.78, 5) is 10.8. The highest BCUT2D eigenvalue weighted by Gasteiger charge is 2.33. The van der Waals surface area contributed by atoms with Crippen LogP contribution in [-0.4, -0.2) is 68.0 Å². The normalized spacial score (nSPS) is 18.9. The SMILES string of the molecule is CCN(CCOC)S(=O)(=O)N1CCC(C(=O)O)CC1. The summed E-state index contributed by atoms with van der Waals surface area (Å²) in [5.74, 6) is -1.27. The number of ether oxygens (including phenoxy) is 1. The van der Waals surface area contributed by atoms with Crippen molar-refractivity contribution in [2.24, 2.45) is 5.92 Å². The summed E-state index contributed by atoms with van der Waals surface area (Å²) in [7, 11) is -1.98. The fourth-order valence-electron chi connectivity index (χ4n) is 2.13. The van der Waals surface area contributed by atoms with Crippen LogP contribution in [-0.2, 0) is 19.7 Å². The van der Waals surface area contributed by atoms with Gasteiger partial charge in [0.1, 0.15) is 0 Å². The molecule has 8 heteroatoms. The first kappa shape index (κ1) is 16.4. The maximum absolute atomic E-state index is 12.3. The quantitative estimate of drug-likeness (QED) is 0.714. The highest BCUT2D eigenvalue weighted by molar-refractivity contribution is 7.86. The van der Waals surface area contributed by atoms with E-state index in [1.807, 2.05) is 0 Å². The van der Waals surface area contributed by atoms with E-state index in [2.05, 4.69) is 0 Å². The molecule has 1 aliphatic rings. The Morgan fingerprint density at radius 3 is 2.42 bits per heavy atom. The molecule has 0 radical (unpaired) electrons. The molecule has 112 valence electrons. The van der Waals surface area contributed by atoms with E-state index < -0.39 is 22.1 Å². The number of piperidine rings is 1. The Hall–Kier alpha value is -0.700. The maximum atomic E-state index is 12.3. The standard InChI is InChI=1S/C11H22N2O5S/c1-3-12(8-9-18-2)19(16,17)13-6-4-10(5-7-13)11(14)15/h10H,3-9H2,1-2H3,(H,14,15). The number of hydrogen-bond donors (Lipinski definition) is 1. The molecule has 0 aromatic heterocycles. The predicted molar refractivity (Wildman–Crippen MR) is 70.0 cm³/mol. The number of rotatable bonds is 7. The topological polar surface area (TPSA) is 87.2 Å². The summed E-state index contributed by atoms with van der Waals surface area (Å²) < 4.78 is 32.3. The summed E-state index contributed by atoms with van der Waals surface area (Å²) in [5, 5.41) is 8.90. The Balaban J connectivity index is 2.65. The first-order valence-corrected chi connectivity index (χ1v) is 7.80. The van der Waals surface area contributed by atoms with Gasteiger partial charge in [0, 0.05) is 33.3 Å². The lowest BCUT2D eigenvalue weighted by Gasteiger charge is -2.33. The van der Waals surface area contributed by atoms with Crippen molar-refractivity contribution in [2.45, 2.75) is 19.8 Å². The molecule has 0 saturated carbocycles. The molecule has 0 unspecified atom stereocenters. The van der Waals surface area contributed by atoms with Crippen LogP contribution < -0.4 is 0 Å². The second-order valence-corrected chi connectivity index (χ2v) is 6.43. The molecule has 1 saturated heterocycles. The summed E-state index contributed by atoms with van der Waals surface area (Å²) in [6.45, 7) is 3.35. The van der Waals surface area contributed by atoms with Gasteiger partial charge in [-0.15, -0.1) is 0 Å². The van der Waals surface area contributed by atoms with Crippen molar-refractivity contribution in [2.75, 3.05) is 39.9 Å². The number of carboxylic acids is 1. The number of hydrogen-bond acceptors (Lipinski definition) is 4. The monoisotopic (exact) mass is 294 g/mol. The Kier molecular flexibility index (Phi) is 6.18. The minimum absolute atomic E-state index is 0.267. The third-order valence-electron chi connectivity index (χ3n) is 3.35. The number of carbonyl (C=O) groups is 1. The molecule has 19 heavy (non-hydrogen) atoms. The van der Waals surface area contributed by atoms with Gasteiger partial charge in [0.15, 0.2) is 0 Å². The van der Waals surface area contributed by atoms with Crippen molar-refractivity contribution in [1.29, 1.82) is 0 Å². The van der Waals surface area contributed by atoms with Gasteiger partial charge in [0.2, 0.25) is 0 Å². The van der Waals surface area contributed by atoms with Crippen molar-refractivity contribution in [3.05, 3.63) is 0 Å². The molecular weight excluding hydrogens is 272 g/mol. The molecule has 1 rings (SSSR count). The molecule has 1 fully saturated rings. The molecule has 1 N–H and O–H groups in total. The number of likely N-dealkylation sites (N-methyl/N-ethyl adjacent to an activating group) is 1. The van der Waals surface area contributed by atoms with Gasteiger partial charge in [-0.25, -0.2) is 0 Å². The van der Waals surface area contributed by atoms with E-state index in [-0.39, 0.29) is 13.1 Å². The zero-order valence-electron chi connectivity index (χ0n) is 11.4. The van der Waals surface area contributed by atoms with Crippen LogP contribution in [0.4, 0.5) is 0 Å². The van der Waals surface area contributed by atoms with Crippen molar-refractivity contribution in [1.82, 2.24) is 8.61 Å². The lowest BCUT2D eigenvalue weighted by atomic mass is 9.99. The van der Waals surface area contributed by atoms with E-state index in [9.17, 15) is 13.2 Å². The molecule has 0 atom stereocenters. The number of carboxylic acid groups (broad SMARTS) is 1. The van der Waals surface area contributed by atoms with Crippen LogP contribution in [0.5, 0.6) is 0 Å². The highest BCUT2D eigenvalue weighted by atomic mass is 32.2. The minimum Gasteiger partial charge on any atom is -0.481 e. The van der Waals surface area contributed by atoms with Gasteiger partial charge in [-0.2, -0.15) is 17.0 Å². The Morgan fingerprint density at radius 2 is 2.00 bits per heavy atom. The second kappa shape index (κ2) is 7.18. The summed E-state index contributed by atoms with van der Waals surface area (Å²) in [6, 6.07) is 0. The van der Waals surface area contributed by atoms with Gasteiger partial charge in [-0.05, 0) is 12.8 Å². The molecular formula is C11H22N2O5S. The maximum Gasteiger partial charge on any atom is 0.306 e. The fourth-order valence-corrected chi connectivity index (χ4v) is 3.76. The first-order chi connectivity index (χ1) is 8.93. The van der Waals surface area contributed by atoms with Crippen LogP contribution >= 0.6 is 0 Å². The molecule has 0 aliphatic carbocycles. The second-order valence-electron chi connectivity index (χ2n) is 4.50. The largest absolute Gasteiger partial charge is 0.481 e. The highest BCUT2D eigenvalue weighted by Crippen LogP contribution is 2.21. The molecule has 7 nitrogen and oxygen atoms in total. The number of aliphatic carboxylic acids is 1. The molecule has 0 aromatic rings. The summed E-state index contributed by atoms with van der Waals surface area (Å²) in [6.07, 6.45) is 0.743.